The molecule has 0 amide bonds. The van der Waals surface area contributed by atoms with Gasteiger partial charge < -0.3 is 9.84 Å². The second-order valence-electron chi connectivity index (χ2n) is 11.1. The number of carboxylic acids is 1. The normalized spacial score (nSPS) is 12.7. The van der Waals surface area contributed by atoms with Crippen molar-refractivity contribution in [3.05, 3.63) is 83.1 Å². The predicted octanol–water partition coefficient (Wildman–Crippen LogP) is 7.88. The van der Waals surface area contributed by atoms with Crippen LogP contribution in [0.4, 0.5) is 0 Å². The van der Waals surface area contributed by atoms with Crippen LogP contribution in [-0.2, 0) is 16.6 Å². The van der Waals surface area contributed by atoms with Gasteiger partial charge in [-0.05, 0) is 75.2 Å². The zero-order chi connectivity index (χ0) is 29.8. The standard InChI is InChI=1S/C32H28ClN5O3S/c1-17-14-23-28(26(18-6-9-21(33)10-7-18)25(17)27(31(39)40)41-32(2,3)4)42-30(37-23)29-34-13-12-22(36-29)19-8-11-24-20(15-19)16-35-38(24)5/h6-16,27H,1-5H3,(H,39,40). The minimum atomic E-state index is -1.19. The quantitative estimate of drug-likeness (QED) is 0.208. The number of hydrogen-bond acceptors (Lipinski definition) is 7. The highest BCUT2D eigenvalue weighted by molar-refractivity contribution is 7.22. The lowest BCUT2D eigenvalue weighted by Gasteiger charge is -2.28. The van der Waals surface area contributed by atoms with E-state index in [0.717, 1.165) is 49.1 Å². The SMILES string of the molecule is Cc1cc2nc(-c3nccc(-c4ccc5c(cnn5C)c4)n3)sc2c(-c2ccc(Cl)cc2)c1C(OC(C)(C)C)C(=O)O. The molecule has 0 fully saturated rings. The maximum Gasteiger partial charge on any atom is 0.337 e. The van der Waals surface area contributed by atoms with Gasteiger partial charge in [0.05, 0.1) is 33.2 Å². The Kier molecular flexibility index (Phi) is 7.04. The summed E-state index contributed by atoms with van der Waals surface area (Å²) in [7, 11) is 1.91. The summed E-state index contributed by atoms with van der Waals surface area (Å²) >= 11 is 7.65. The number of nitrogens with zero attached hydrogens (tertiary/aromatic N) is 5. The molecule has 0 aliphatic rings. The number of carboxylic acid groups (broad SMARTS) is 1. The minimum Gasteiger partial charge on any atom is -0.479 e. The third kappa shape index (κ3) is 5.27. The number of aromatic nitrogens is 5. The van der Waals surface area contributed by atoms with E-state index in [9.17, 15) is 9.90 Å². The van der Waals surface area contributed by atoms with E-state index in [0.29, 0.717) is 21.4 Å². The van der Waals surface area contributed by atoms with Crippen molar-refractivity contribution in [2.24, 2.45) is 7.05 Å². The fourth-order valence-corrected chi connectivity index (χ4v) is 6.27. The molecule has 0 spiro atoms. The van der Waals surface area contributed by atoms with E-state index in [1.165, 1.54) is 11.3 Å². The fraction of sp³-hybridized carbons (Fsp3) is 0.219. The number of thiazole rings is 1. The van der Waals surface area contributed by atoms with Crippen molar-refractivity contribution >= 4 is 50.0 Å². The Labute approximate surface area is 251 Å². The first-order valence-corrected chi connectivity index (χ1v) is 14.5. The maximum absolute atomic E-state index is 12.6. The number of rotatable bonds is 6. The van der Waals surface area contributed by atoms with Gasteiger partial charge in [-0.2, -0.15) is 5.10 Å². The molecule has 6 rings (SSSR count). The van der Waals surface area contributed by atoms with E-state index in [-0.39, 0.29) is 0 Å². The molecule has 3 aromatic carbocycles. The van der Waals surface area contributed by atoms with Gasteiger partial charge in [-0.3, -0.25) is 4.68 Å². The Balaban J connectivity index is 1.53. The maximum atomic E-state index is 12.6. The van der Waals surface area contributed by atoms with Crippen molar-refractivity contribution in [3.63, 3.8) is 0 Å². The number of ether oxygens (including phenoxy) is 1. The molecule has 8 nitrogen and oxygen atoms in total. The average molecular weight is 598 g/mol. The Morgan fingerprint density at radius 1 is 1.05 bits per heavy atom. The molecule has 212 valence electrons. The number of aliphatic carboxylic acids is 1. The fourth-order valence-electron chi connectivity index (χ4n) is 5.08. The number of aryl methyl sites for hydroxylation is 2. The van der Waals surface area contributed by atoms with Gasteiger partial charge in [-0.15, -0.1) is 11.3 Å². The number of hydrogen-bond donors (Lipinski definition) is 1. The van der Waals surface area contributed by atoms with Crippen molar-refractivity contribution < 1.29 is 14.6 Å². The molecule has 10 heteroatoms. The first kappa shape index (κ1) is 28.0. The molecule has 0 radical (unpaired) electrons. The molecule has 0 bridgehead atoms. The molecule has 3 aromatic heterocycles. The lowest BCUT2D eigenvalue weighted by Crippen LogP contribution is -2.28. The average Bonchev–Trinajstić information content (AvgIpc) is 3.54. The minimum absolute atomic E-state index is 0.488. The molecule has 1 unspecified atom stereocenters. The van der Waals surface area contributed by atoms with Crippen LogP contribution in [0.25, 0.3) is 54.3 Å². The summed E-state index contributed by atoms with van der Waals surface area (Å²) in [5.74, 6) is -0.573. The molecule has 42 heavy (non-hydrogen) atoms. The molecule has 6 aromatic rings. The molecular formula is C32H28ClN5O3S. The summed E-state index contributed by atoms with van der Waals surface area (Å²) in [6, 6.07) is 17.3. The van der Waals surface area contributed by atoms with Gasteiger partial charge >= 0.3 is 5.97 Å². The van der Waals surface area contributed by atoms with E-state index >= 15 is 0 Å². The molecule has 1 N–H and O–H groups in total. The highest BCUT2D eigenvalue weighted by Crippen LogP contribution is 2.44. The second-order valence-corrected chi connectivity index (χ2v) is 12.5. The summed E-state index contributed by atoms with van der Waals surface area (Å²) in [5, 5.41) is 16.9. The molecule has 1 atom stereocenters. The third-order valence-corrected chi connectivity index (χ3v) is 8.24. The van der Waals surface area contributed by atoms with E-state index in [1.54, 1.807) is 18.3 Å². The summed E-state index contributed by atoms with van der Waals surface area (Å²) in [6.45, 7) is 7.43. The smallest absolute Gasteiger partial charge is 0.337 e. The number of benzene rings is 3. The topological polar surface area (TPSA) is 103 Å². The van der Waals surface area contributed by atoms with Crippen molar-refractivity contribution in [2.75, 3.05) is 0 Å². The van der Waals surface area contributed by atoms with E-state index in [1.807, 2.05) is 82.0 Å². The van der Waals surface area contributed by atoms with Crippen LogP contribution in [0.5, 0.6) is 0 Å². The first-order chi connectivity index (χ1) is 20.0. The summed E-state index contributed by atoms with van der Waals surface area (Å²) in [5.41, 5.74) is 5.72. The monoisotopic (exact) mass is 597 g/mol. The summed E-state index contributed by atoms with van der Waals surface area (Å²) in [4.78, 5) is 26.9. The van der Waals surface area contributed by atoms with Gasteiger partial charge in [-0.1, -0.05) is 29.8 Å². The van der Waals surface area contributed by atoms with Gasteiger partial charge in [0.1, 0.15) is 0 Å². The lowest BCUT2D eigenvalue weighted by atomic mass is 9.91. The first-order valence-electron chi connectivity index (χ1n) is 13.3. The van der Waals surface area contributed by atoms with E-state index < -0.39 is 17.7 Å². The van der Waals surface area contributed by atoms with Crippen LogP contribution in [0.3, 0.4) is 0 Å². The van der Waals surface area contributed by atoms with Crippen molar-refractivity contribution in [1.82, 2.24) is 24.7 Å². The number of fused-ring (bicyclic) bond motifs is 2. The highest BCUT2D eigenvalue weighted by atomic mass is 35.5. The predicted molar refractivity (Wildman–Crippen MR) is 167 cm³/mol. The number of carbonyl (C=O) groups is 1. The Morgan fingerprint density at radius 2 is 1.79 bits per heavy atom. The molecule has 0 saturated heterocycles. The highest BCUT2D eigenvalue weighted by Gasteiger charge is 2.32. The molecule has 3 heterocycles. The zero-order valence-electron chi connectivity index (χ0n) is 23.7. The third-order valence-electron chi connectivity index (χ3n) is 6.91. The Morgan fingerprint density at radius 3 is 2.50 bits per heavy atom. The largest absolute Gasteiger partial charge is 0.479 e. The number of halogens is 1. The lowest BCUT2D eigenvalue weighted by molar-refractivity contribution is -0.160. The van der Waals surface area contributed by atoms with Crippen LogP contribution in [0, 0.1) is 6.92 Å². The van der Waals surface area contributed by atoms with Crippen LogP contribution in [0.1, 0.15) is 38.0 Å². The van der Waals surface area contributed by atoms with Crippen LogP contribution < -0.4 is 0 Å². The van der Waals surface area contributed by atoms with Gasteiger partial charge in [0.25, 0.3) is 0 Å². The van der Waals surface area contributed by atoms with Gasteiger partial charge in [0, 0.05) is 40.3 Å². The Hall–Kier alpha value is -4.18. The van der Waals surface area contributed by atoms with Gasteiger partial charge in [0.15, 0.2) is 16.9 Å². The second kappa shape index (κ2) is 10.6. The van der Waals surface area contributed by atoms with Crippen molar-refractivity contribution in [3.8, 4) is 33.2 Å². The molecule has 0 aliphatic heterocycles. The Bertz CT molecular complexity index is 1980. The zero-order valence-corrected chi connectivity index (χ0v) is 25.3. The van der Waals surface area contributed by atoms with E-state index in [4.69, 9.17) is 26.3 Å². The van der Waals surface area contributed by atoms with Gasteiger partial charge in [0.2, 0.25) is 0 Å². The van der Waals surface area contributed by atoms with Gasteiger partial charge in [-0.25, -0.2) is 19.7 Å². The van der Waals surface area contributed by atoms with Crippen LogP contribution in [0.2, 0.25) is 5.02 Å². The van der Waals surface area contributed by atoms with Crippen LogP contribution >= 0.6 is 22.9 Å². The summed E-state index contributed by atoms with van der Waals surface area (Å²) < 4.78 is 8.77. The van der Waals surface area contributed by atoms with E-state index in [2.05, 4.69) is 16.1 Å². The van der Waals surface area contributed by atoms with Crippen LogP contribution in [-0.4, -0.2) is 41.4 Å². The molecular weight excluding hydrogens is 570 g/mol. The van der Waals surface area contributed by atoms with Crippen molar-refractivity contribution in [1.29, 1.82) is 0 Å². The molecule has 0 aliphatic carbocycles. The molecule has 0 saturated carbocycles. The summed E-state index contributed by atoms with van der Waals surface area (Å²) in [6.07, 6.45) is 2.37. The van der Waals surface area contributed by atoms with Crippen molar-refractivity contribution in [2.45, 2.75) is 39.4 Å². The van der Waals surface area contributed by atoms with Crippen LogP contribution in [0.15, 0.2) is 67.0 Å².